The summed E-state index contributed by atoms with van der Waals surface area (Å²) in [6, 6.07) is 0. The van der Waals surface area contributed by atoms with Crippen molar-refractivity contribution in [3.05, 3.63) is 35.6 Å². The normalized spacial score (nSPS) is 30.3. The quantitative estimate of drug-likeness (QED) is 0.606. The van der Waals surface area contributed by atoms with Crippen LogP contribution in [0.4, 0.5) is 0 Å². The zero-order chi connectivity index (χ0) is 9.84. The highest BCUT2D eigenvalue weighted by Gasteiger charge is 2.18. The zero-order valence-electron chi connectivity index (χ0n) is 8.51. The first-order valence-electron chi connectivity index (χ1n) is 4.89. The molecule has 1 saturated carbocycles. The molecule has 13 heavy (non-hydrogen) atoms. The summed E-state index contributed by atoms with van der Waals surface area (Å²) in [5.41, 5.74) is 2.38. The average Bonchev–Trinajstić information content (AvgIpc) is 2.16. The average molecular weight is 178 g/mol. The summed E-state index contributed by atoms with van der Waals surface area (Å²) in [5, 5.41) is 9.59. The van der Waals surface area contributed by atoms with Crippen molar-refractivity contribution in [3.8, 4) is 0 Å². The second kappa shape index (κ2) is 4.31. The fraction of sp³-hybridized carbons (Fsp3) is 0.500. The third kappa shape index (κ3) is 2.24. The molecule has 1 atom stereocenters. The van der Waals surface area contributed by atoms with E-state index in [-0.39, 0.29) is 0 Å². The summed E-state index contributed by atoms with van der Waals surface area (Å²) < 4.78 is 0. The van der Waals surface area contributed by atoms with Crippen molar-refractivity contribution < 1.29 is 5.11 Å². The van der Waals surface area contributed by atoms with Crippen molar-refractivity contribution in [3.63, 3.8) is 0 Å². The summed E-state index contributed by atoms with van der Waals surface area (Å²) in [6.07, 6.45) is 6.88. The van der Waals surface area contributed by atoms with E-state index in [1.165, 1.54) is 18.1 Å². The van der Waals surface area contributed by atoms with E-state index in [9.17, 15) is 5.11 Å². The van der Waals surface area contributed by atoms with E-state index in [1.807, 2.05) is 6.92 Å². The maximum atomic E-state index is 9.59. The van der Waals surface area contributed by atoms with Crippen molar-refractivity contribution in [1.82, 2.24) is 0 Å². The van der Waals surface area contributed by atoms with Gasteiger partial charge in [0.1, 0.15) is 5.76 Å². The minimum Gasteiger partial charge on any atom is -0.508 e. The Labute approximate surface area is 80.5 Å². The maximum absolute atomic E-state index is 9.59. The fourth-order valence-electron chi connectivity index (χ4n) is 1.86. The van der Waals surface area contributed by atoms with Crippen LogP contribution >= 0.6 is 0 Å². The maximum Gasteiger partial charge on any atom is 0.118 e. The molecule has 1 nitrogen and oxygen atoms in total. The van der Waals surface area contributed by atoms with Gasteiger partial charge in [-0.2, -0.15) is 0 Å². The van der Waals surface area contributed by atoms with E-state index in [0.717, 1.165) is 24.3 Å². The fourth-order valence-corrected chi connectivity index (χ4v) is 1.86. The molecule has 0 amide bonds. The summed E-state index contributed by atoms with van der Waals surface area (Å²) >= 11 is 0. The van der Waals surface area contributed by atoms with E-state index < -0.39 is 0 Å². The third-order valence-electron chi connectivity index (χ3n) is 2.69. The molecule has 1 rings (SSSR count). The monoisotopic (exact) mass is 178 g/mol. The minimum absolute atomic E-state index is 0.361. The number of aliphatic hydroxyl groups is 1. The molecule has 0 aliphatic heterocycles. The van der Waals surface area contributed by atoms with Crippen LogP contribution in [0.25, 0.3) is 0 Å². The number of hydrogen-bond donors (Lipinski definition) is 1. The highest BCUT2D eigenvalue weighted by Crippen LogP contribution is 2.34. The predicted octanol–water partition coefficient (Wildman–Crippen LogP) is 3.75. The Bertz CT molecular complexity index is 258. The molecule has 0 aromatic rings. The smallest absolute Gasteiger partial charge is 0.118 e. The summed E-state index contributed by atoms with van der Waals surface area (Å²) in [5.74, 6) is 1.10. The van der Waals surface area contributed by atoms with Gasteiger partial charge < -0.3 is 5.11 Å². The van der Waals surface area contributed by atoms with Crippen LogP contribution in [0.3, 0.4) is 0 Å². The first-order chi connectivity index (χ1) is 6.19. The van der Waals surface area contributed by atoms with Crippen molar-refractivity contribution in [2.75, 3.05) is 0 Å². The van der Waals surface area contributed by atoms with Crippen molar-refractivity contribution in [2.45, 2.75) is 33.1 Å². The van der Waals surface area contributed by atoms with Crippen LogP contribution in [0.5, 0.6) is 0 Å². The molecule has 1 aliphatic rings. The standard InChI is InChI=1S/C12H18O/c1-4-10-8-9(3)6-7-11(10)12(13)5-2/h4-5,9,13H,2,6-8H2,1,3H3/b10-4-,12-11+. The third-order valence-corrected chi connectivity index (χ3v) is 2.69. The molecule has 0 bridgehead atoms. The van der Waals surface area contributed by atoms with Crippen molar-refractivity contribution >= 4 is 0 Å². The molecule has 72 valence electrons. The Morgan fingerprint density at radius 1 is 1.62 bits per heavy atom. The molecule has 1 N–H and O–H groups in total. The highest BCUT2D eigenvalue weighted by molar-refractivity contribution is 5.37. The van der Waals surface area contributed by atoms with Crippen LogP contribution in [0.1, 0.15) is 33.1 Å². The van der Waals surface area contributed by atoms with Gasteiger partial charge in [-0.15, -0.1) is 0 Å². The molecule has 0 saturated heterocycles. The van der Waals surface area contributed by atoms with Crippen LogP contribution in [0.2, 0.25) is 0 Å². The molecule has 0 aromatic carbocycles. The van der Waals surface area contributed by atoms with Gasteiger partial charge in [0.05, 0.1) is 0 Å². The first kappa shape index (κ1) is 10.1. The Kier molecular flexibility index (Phi) is 3.35. The second-order valence-electron chi connectivity index (χ2n) is 3.73. The molecule has 1 heteroatoms. The largest absolute Gasteiger partial charge is 0.508 e. The molecular weight excluding hydrogens is 160 g/mol. The first-order valence-corrected chi connectivity index (χ1v) is 4.89. The minimum atomic E-state index is 0.361. The molecule has 0 spiro atoms. The van der Waals surface area contributed by atoms with Gasteiger partial charge in [-0.1, -0.05) is 19.6 Å². The van der Waals surface area contributed by atoms with E-state index >= 15 is 0 Å². The highest BCUT2D eigenvalue weighted by atomic mass is 16.3. The number of allylic oxidation sites excluding steroid dienone is 4. The molecule has 1 fully saturated rings. The SMILES string of the molecule is C=C/C(O)=C1/CCC(C)C/C1=C/C. The van der Waals surface area contributed by atoms with E-state index in [0.29, 0.717) is 5.76 Å². The lowest BCUT2D eigenvalue weighted by atomic mass is 9.82. The zero-order valence-corrected chi connectivity index (χ0v) is 8.51. The topological polar surface area (TPSA) is 20.2 Å². The summed E-state index contributed by atoms with van der Waals surface area (Å²) in [7, 11) is 0. The van der Waals surface area contributed by atoms with Gasteiger partial charge in [0.25, 0.3) is 0 Å². The molecule has 1 unspecified atom stereocenters. The van der Waals surface area contributed by atoms with E-state index in [4.69, 9.17) is 0 Å². The molecule has 1 aliphatic carbocycles. The van der Waals surface area contributed by atoms with Gasteiger partial charge in [0, 0.05) is 0 Å². The van der Waals surface area contributed by atoms with Crippen molar-refractivity contribution in [1.29, 1.82) is 0 Å². The Balaban J connectivity index is 2.93. The molecule has 0 aromatic heterocycles. The van der Waals surface area contributed by atoms with Crippen molar-refractivity contribution in [2.24, 2.45) is 5.92 Å². The predicted molar refractivity (Wildman–Crippen MR) is 56.6 cm³/mol. The Morgan fingerprint density at radius 2 is 2.31 bits per heavy atom. The van der Waals surface area contributed by atoms with Crippen LogP contribution in [0, 0.1) is 5.92 Å². The van der Waals surface area contributed by atoms with Gasteiger partial charge in [0.2, 0.25) is 0 Å². The van der Waals surface area contributed by atoms with Crippen LogP contribution in [0.15, 0.2) is 35.6 Å². The molecule has 0 heterocycles. The lowest BCUT2D eigenvalue weighted by Crippen LogP contribution is -2.09. The number of hydrogen-bond acceptors (Lipinski definition) is 1. The Hall–Kier alpha value is -0.980. The van der Waals surface area contributed by atoms with Gasteiger partial charge in [-0.05, 0) is 49.3 Å². The lowest BCUT2D eigenvalue weighted by Gasteiger charge is -2.24. The van der Waals surface area contributed by atoms with E-state index in [2.05, 4.69) is 19.6 Å². The Morgan fingerprint density at radius 3 is 2.85 bits per heavy atom. The number of rotatable bonds is 1. The summed E-state index contributed by atoms with van der Waals surface area (Å²) in [4.78, 5) is 0. The molecular formula is C12H18O. The van der Waals surface area contributed by atoms with Gasteiger partial charge >= 0.3 is 0 Å². The number of aliphatic hydroxyl groups excluding tert-OH is 1. The van der Waals surface area contributed by atoms with Gasteiger partial charge in [0.15, 0.2) is 0 Å². The van der Waals surface area contributed by atoms with E-state index in [1.54, 1.807) is 0 Å². The molecule has 0 radical (unpaired) electrons. The lowest BCUT2D eigenvalue weighted by molar-refractivity contribution is 0.409. The van der Waals surface area contributed by atoms with Crippen LogP contribution < -0.4 is 0 Å². The van der Waals surface area contributed by atoms with Gasteiger partial charge in [-0.3, -0.25) is 0 Å². The van der Waals surface area contributed by atoms with Crippen LogP contribution in [-0.4, -0.2) is 5.11 Å². The van der Waals surface area contributed by atoms with Crippen LogP contribution in [-0.2, 0) is 0 Å². The summed E-state index contributed by atoms with van der Waals surface area (Å²) in [6.45, 7) is 7.88. The van der Waals surface area contributed by atoms with Gasteiger partial charge in [-0.25, -0.2) is 0 Å². The second-order valence-corrected chi connectivity index (χ2v) is 3.73.